The summed E-state index contributed by atoms with van der Waals surface area (Å²) in [7, 11) is 1.60. The largest absolute Gasteiger partial charge is 0.497 e. The van der Waals surface area contributed by atoms with Gasteiger partial charge in [0.25, 0.3) is 0 Å². The standard InChI is InChI=1S/C24H19N3O2/c1-29-19-9-5-8-18(13-19)27-23(17-7-4-6-16(12-17)14-25)24(28)21-15-26-22-11-3-2-10-20(21)22/h2-13,15,23,26-27H,1H3. The molecule has 0 aliphatic carbocycles. The third-order valence-corrected chi connectivity index (χ3v) is 4.85. The smallest absolute Gasteiger partial charge is 0.191 e. The van der Waals surface area contributed by atoms with Gasteiger partial charge in [-0.05, 0) is 35.9 Å². The number of H-pyrrole nitrogens is 1. The Morgan fingerprint density at radius 3 is 2.72 bits per heavy atom. The summed E-state index contributed by atoms with van der Waals surface area (Å²) in [6, 6.07) is 23.7. The molecule has 1 unspecified atom stereocenters. The van der Waals surface area contributed by atoms with Crippen molar-refractivity contribution in [3.8, 4) is 11.8 Å². The highest BCUT2D eigenvalue weighted by atomic mass is 16.5. The number of methoxy groups -OCH3 is 1. The van der Waals surface area contributed by atoms with Gasteiger partial charge in [0.1, 0.15) is 11.8 Å². The van der Waals surface area contributed by atoms with E-state index in [4.69, 9.17) is 4.74 Å². The van der Waals surface area contributed by atoms with Crippen molar-refractivity contribution in [3.05, 3.63) is 95.7 Å². The topological polar surface area (TPSA) is 77.9 Å². The molecule has 29 heavy (non-hydrogen) atoms. The highest BCUT2D eigenvalue weighted by Gasteiger charge is 2.25. The number of aromatic amines is 1. The maximum atomic E-state index is 13.6. The van der Waals surface area contributed by atoms with Crippen LogP contribution in [0.2, 0.25) is 0 Å². The summed E-state index contributed by atoms with van der Waals surface area (Å²) < 4.78 is 5.30. The summed E-state index contributed by atoms with van der Waals surface area (Å²) in [6.45, 7) is 0. The van der Waals surface area contributed by atoms with Crippen molar-refractivity contribution in [2.45, 2.75) is 6.04 Å². The number of fused-ring (bicyclic) bond motifs is 1. The van der Waals surface area contributed by atoms with Crippen molar-refractivity contribution in [3.63, 3.8) is 0 Å². The van der Waals surface area contributed by atoms with Crippen molar-refractivity contribution in [2.24, 2.45) is 0 Å². The van der Waals surface area contributed by atoms with Crippen molar-refractivity contribution >= 4 is 22.4 Å². The predicted molar refractivity (Wildman–Crippen MR) is 113 cm³/mol. The molecule has 0 saturated heterocycles. The van der Waals surface area contributed by atoms with E-state index in [1.165, 1.54) is 0 Å². The number of nitrogens with zero attached hydrogens (tertiary/aromatic N) is 1. The number of carbonyl (C=O) groups excluding carboxylic acids is 1. The van der Waals surface area contributed by atoms with Crippen LogP contribution in [0.15, 0.2) is 79.0 Å². The maximum Gasteiger partial charge on any atom is 0.191 e. The molecule has 0 aliphatic rings. The summed E-state index contributed by atoms with van der Waals surface area (Å²) in [5.41, 5.74) is 3.49. The van der Waals surface area contributed by atoms with E-state index in [1.807, 2.05) is 54.6 Å². The lowest BCUT2D eigenvalue weighted by atomic mass is 9.95. The van der Waals surface area contributed by atoms with Gasteiger partial charge in [0, 0.05) is 34.4 Å². The number of anilines is 1. The van der Waals surface area contributed by atoms with E-state index in [-0.39, 0.29) is 5.78 Å². The number of aromatic nitrogens is 1. The van der Waals surface area contributed by atoms with Gasteiger partial charge in [0.2, 0.25) is 0 Å². The highest BCUT2D eigenvalue weighted by Crippen LogP contribution is 2.29. The molecule has 0 spiro atoms. The quantitative estimate of drug-likeness (QED) is 0.456. The van der Waals surface area contributed by atoms with Crippen LogP contribution in [0.5, 0.6) is 5.75 Å². The fraction of sp³-hybridized carbons (Fsp3) is 0.0833. The number of hydrogen-bond donors (Lipinski definition) is 2. The summed E-state index contributed by atoms with van der Waals surface area (Å²) in [4.78, 5) is 16.7. The Bertz CT molecular complexity index is 1220. The van der Waals surface area contributed by atoms with Gasteiger partial charge in [0.15, 0.2) is 5.78 Å². The number of para-hydroxylation sites is 1. The SMILES string of the molecule is COc1cccc(NC(C(=O)c2c[nH]c3ccccc23)c2cccc(C#N)c2)c1. The van der Waals surface area contributed by atoms with Crippen LogP contribution in [-0.2, 0) is 0 Å². The van der Waals surface area contributed by atoms with Crippen LogP contribution in [0.4, 0.5) is 5.69 Å². The highest BCUT2D eigenvalue weighted by molar-refractivity contribution is 6.11. The fourth-order valence-electron chi connectivity index (χ4n) is 3.40. The average Bonchev–Trinajstić information content (AvgIpc) is 3.21. The molecule has 4 rings (SSSR count). The van der Waals surface area contributed by atoms with Gasteiger partial charge in [-0.2, -0.15) is 5.26 Å². The second-order valence-corrected chi connectivity index (χ2v) is 6.66. The Morgan fingerprint density at radius 1 is 1.07 bits per heavy atom. The Kier molecular flexibility index (Phi) is 5.00. The molecule has 1 aromatic heterocycles. The van der Waals surface area contributed by atoms with Crippen molar-refractivity contribution in [1.82, 2.24) is 4.98 Å². The van der Waals surface area contributed by atoms with Crippen LogP contribution >= 0.6 is 0 Å². The first kappa shape index (κ1) is 18.3. The lowest BCUT2D eigenvalue weighted by Gasteiger charge is -2.20. The molecule has 5 nitrogen and oxygen atoms in total. The van der Waals surface area contributed by atoms with E-state index >= 15 is 0 Å². The van der Waals surface area contributed by atoms with E-state index in [1.54, 1.807) is 31.5 Å². The van der Waals surface area contributed by atoms with E-state index in [2.05, 4.69) is 16.4 Å². The molecule has 1 atom stereocenters. The minimum Gasteiger partial charge on any atom is -0.497 e. The van der Waals surface area contributed by atoms with Crippen molar-refractivity contribution in [1.29, 1.82) is 5.26 Å². The normalized spacial score (nSPS) is 11.6. The zero-order chi connectivity index (χ0) is 20.2. The third kappa shape index (κ3) is 3.69. The summed E-state index contributed by atoms with van der Waals surface area (Å²) in [5, 5.41) is 13.5. The molecule has 0 radical (unpaired) electrons. The molecule has 0 bridgehead atoms. The molecule has 142 valence electrons. The molecule has 0 saturated carbocycles. The molecule has 1 heterocycles. The van der Waals surface area contributed by atoms with E-state index < -0.39 is 6.04 Å². The Hall–Kier alpha value is -4.04. The number of carbonyl (C=O) groups is 1. The lowest BCUT2D eigenvalue weighted by molar-refractivity contribution is 0.0971. The van der Waals surface area contributed by atoms with Crippen LogP contribution in [0, 0.1) is 11.3 Å². The van der Waals surface area contributed by atoms with Gasteiger partial charge in [-0.1, -0.05) is 36.4 Å². The fourth-order valence-corrected chi connectivity index (χ4v) is 3.40. The van der Waals surface area contributed by atoms with Gasteiger partial charge in [-0.3, -0.25) is 4.79 Å². The van der Waals surface area contributed by atoms with Crippen LogP contribution < -0.4 is 10.1 Å². The number of benzene rings is 3. The van der Waals surface area contributed by atoms with Crippen molar-refractivity contribution < 1.29 is 9.53 Å². The number of nitrogens with one attached hydrogen (secondary N) is 2. The number of ketones is 1. The molecule has 3 aromatic carbocycles. The Morgan fingerprint density at radius 2 is 1.90 bits per heavy atom. The third-order valence-electron chi connectivity index (χ3n) is 4.85. The molecular formula is C24H19N3O2. The summed E-state index contributed by atoms with van der Waals surface area (Å²) in [5.74, 6) is 0.611. The molecule has 4 aromatic rings. The van der Waals surface area contributed by atoms with E-state index in [0.717, 1.165) is 22.2 Å². The predicted octanol–water partition coefficient (Wildman–Crippen LogP) is 5.08. The van der Waals surface area contributed by atoms with Gasteiger partial charge in [-0.25, -0.2) is 0 Å². The van der Waals surface area contributed by atoms with Gasteiger partial charge in [0.05, 0.1) is 18.7 Å². The minimum absolute atomic E-state index is 0.0830. The van der Waals surface area contributed by atoms with Crippen LogP contribution in [0.25, 0.3) is 10.9 Å². The maximum absolute atomic E-state index is 13.6. The van der Waals surface area contributed by atoms with Crippen LogP contribution in [0.1, 0.15) is 27.5 Å². The van der Waals surface area contributed by atoms with Crippen LogP contribution in [-0.4, -0.2) is 17.9 Å². The number of ether oxygens (including phenoxy) is 1. The number of nitriles is 1. The van der Waals surface area contributed by atoms with Gasteiger partial charge < -0.3 is 15.0 Å². The first-order valence-corrected chi connectivity index (χ1v) is 9.20. The van der Waals surface area contributed by atoms with E-state index in [9.17, 15) is 10.1 Å². The molecule has 0 aliphatic heterocycles. The first-order valence-electron chi connectivity index (χ1n) is 9.20. The average molecular weight is 381 g/mol. The van der Waals surface area contributed by atoms with Crippen molar-refractivity contribution in [2.75, 3.05) is 12.4 Å². The monoisotopic (exact) mass is 381 g/mol. The summed E-state index contributed by atoms with van der Waals surface area (Å²) in [6.07, 6.45) is 1.74. The second kappa shape index (κ2) is 7.91. The first-order chi connectivity index (χ1) is 14.2. The molecular weight excluding hydrogens is 362 g/mol. The molecule has 2 N–H and O–H groups in total. The van der Waals surface area contributed by atoms with E-state index in [0.29, 0.717) is 16.9 Å². The number of hydrogen-bond acceptors (Lipinski definition) is 4. The minimum atomic E-state index is -0.658. The summed E-state index contributed by atoms with van der Waals surface area (Å²) >= 11 is 0. The zero-order valence-corrected chi connectivity index (χ0v) is 15.8. The molecule has 0 fully saturated rings. The number of Topliss-reactive ketones (excluding diaryl/α,β-unsaturated/α-hetero) is 1. The Labute approximate surface area is 168 Å². The molecule has 0 amide bonds. The number of rotatable bonds is 6. The van der Waals surface area contributed by atoms with Crippen LogP contribution in [0.3, 0.4) is 0 Å². The lowest BCUT2D eigenvalue weighted by Crippen LogP contribution is -2.21. The van der Waals surface area contributed by atoms with Gasteiger partial charge in [-0.15, -0.1) is 0 Å². The zero-order valence-electron chi connectivity index (χ0n) is 15.8. The second-order valence-electron chi connectivity index (χ2n) is 6.66. The molecule has 5 heteroatoms. The Balaban J connectivity index is 1.78. The van der Waals surface area contributed by atoms with Gasteiger partial charge >= 0.3 is 0 Å².